The topological polar surface area (TPSA) is 44.4 Å². The summed E-state index contributed by atoms with van der Waals surface area (Å²) in [5, 5.41) is 6.19. The van der Waals surface area contributed by atoms with Gasteiger partial charge in [-0.05, 0) is 45.3 Å². The van der Waals surface area contributed by atoms with Crippen molar-refractivity contribution < 1.29 is 4.79 Å². The molecule has 4 heteroatoms. The third-order valence-electron chi connectivity index (χ3n) is 3.91. The zero-order valence-corrected chi connectivity index (χ0v) is 12.3. The van der Waals surface area contributed by atoms with Crippen molar-refractivity contribution in [3.8, 4) is 0 Å². The predicted molar refractivity (Wildman–Crippen MR) is 75.5 cm³/mol. The molecule has 1 fully saturated rings. The zero-order valence-electron chi connectivity index (χ0n) is 12.3. The van der Waals surface area contributed by atoms with Crippen molar-refractivity contribution in [2.75, 3.05) is 40.3 Å². The number of likely N-dealkylation sites (tertiary alicyclic amines) is 1. The van der Waals surface area contributed by atoms with Crippen molar-refractivity contribution in [1.29, 1.82) is 0 Å². The molecule has 1 aliphatic rings. The highest BCUT2D eigenvalue weighted by molar-refractivity contribution is 5.79. The Labute approximate surface area is 111 Å². The number of hydrogen-bond donors (Lipinski definition) is 2. The molecule has 0 spiro atoms. The van der Waals surface area contributed by atoms with Crippen molar-refractivity contribution in [3.63, 3.8) is 0 Å². The van der Waals surface area contributed by atoms with Gasteiger partial charge in [0.2, 0.25) is 5.91 Å². The van der Waals surface area contributed by atoms with Crippen molar-refractivity contribution in [2.24, 2.45) is 17.8 Å². The summed E-state index contributed by atoms with van der Waals surface area (Å²) >= 11 is 0. The van der Waals surface area contributed by atoms with Crippen molar-refractivity contribution in [2.45, 2.75) is 26.7 Å². The largest absolute Gasteiger partial charge is 0.356 e. The minimum absolute atomic E-state index is 0.0845. The van der Waals surface area contributed by atoms with E-state index in [1.807, 2.05) is 7.05 Å². The molecule has 2 N–H and O–H groups in total. The Balaban J connectivity index is 2.22. The molecular formula is C14H29N3O. The Kier molecular flexibility index (Phi) is 6.65. The molecular weight excluding hydrogens is 226 g/mol. The second-order valence-electron chi connectivity index (χ2n) is 5.90. The van der Waals surface area contributed by atoms with Crippen LogP contribution in [0.1, 0.15) is 26.7 Å². The summed E-state index contributed by atoms with van der Waals surface area (Å²) in [4.78, 5) is 14.4. The van der Waals surface area contributed by atoms with Gasteiger partial charge in [0.15, 0.2) is 0 Å². The van der Waals surface area contributed by atoms with Gasteiger partial charge in [-0.3, -0.25) is 4.79 Å². The molecule has 18 heavy (non-hydrogen) atoms. The van der Waals surface area contributed by atoms with Gasteiger partial charge < -0.3 is 15.5 Å². The molecule has 0 aliphatic carbocycles. The molecule has 0 aromatic rings. The van der Waals surface area contributed by atoms with E-state index >= 15 is 0 Å². The van der Waals surface area contributed by atoms with Crippen LogP contribution in [0.4, 0.5) is 0 Å². The summed E-state index contributed by atoms with van der Waals surface area (Å²) in [6, 6.07) is 0. The van der Waals surface area contributed by atoms with Crippen LogP contribution in [0.2, 0.25) is 0 Å². The number of amides is 1. The molecule has 1 aliphatic heterocycles. The van der Waals surface area contributed by atoms with E-state index < -0.39 is 0 Å². The number of nitrogens with zero attached hydrogens (tertiary/aromatic N) is 1. The highest BCUT2D eigenvalue weighted by Crippen LogP contribution is 2.17. The molecule has 106 valence electrons. The molecule has 1 amide bonds. The normalized spacial score (nSPS) is 22.4. The number of carbonyl (C=O) groups is 1. The van der Waals surface area contributed by atoms with Crippen LogP contribution in [0.5, 0.6) is 0 Å². The second kappa shape index (κ2) is 7.74. The third-order valence-corrected chi connectivity index (χ3v) is 3.91. The van der Waals surface area contributed by atoms with Gasteiger partial charge in [0.25, 0.3) is 0 Å². The Bertz CT molecular complexity index is 255. The molecule has 1 rings (SSSR count). The lowest BCUT2D eigenvalue weighted by Crippen LogP contribution is -2.39. The van der Waals surface area contributed by atoms with E-state index in [-0.39, 0.29) is 11.8 Å². The first-order chi connectivity index (χ1) is 8.54. The first-order valence-corrected chi connectivity index (χ1v) is 7.15. The smallest absolute Gasteiger partial charge is 0.224 e. The highest BCUT2D eigenvalue weighted by Gasteiger charge is 2.22. The Morgan fingerprint density at radius 1 is 1.44 bits per heavy atom. The quantitative estimate of drug-likeness (QED) is 0.711. The van der Waals surface area contributed by atoms with Gasteiger partial charge in [0, 0.05) is 19.6 Å². The van der Waals surface area contributed by atoms with E-state index in [0.29, 0.717) is 5.92 Å². The van der Waals surface area contributed by atoms with E-state index in [0.717, 1.165) is 25.4 Å². The first-order valence-electron chi connectivity index (χ1n) is 7.15. The number of carbonyl (C=O) groups excluding carboxylic acids is 1. The lowest BCUT2D eigenvalue weighted by atomic mass is 9.94. The van der Waals surface area contributed by atoms with Gasteiger partial charge in [-0.1, -0.05) is 13.8 Å². The minimum Gasteiger partial charge on any atom is -0.356 e. The molecule has 0 aromatic heterocycles. The molecule has 0 saturated carbocycles. The summed E-state index contributed by atoms with van der Waals surface area (Å²) in [5.74, 6) is 1.43. The fourth-order valence-electron chi connectivity index (χ4n) is 2.64. The van der Waals surface area contributed by atoms with Crippen LogP contribution >= 0.6 is 0 Å². The molecule has 2 atom stereocenters. The fourth-order valence-corrected chi connectivity index (χ4v) is 2.64. The van der Waals surface area contributed by atoms with Crippen LogP contribution in [-0.2, 0) is 4.79 Å². The summed E-state index contributed by atoms with van der Waals surface area (Å²) < 4.78 is 0. The Morgan fingerprint density at radius 3 is 2.67 bits per heavy atom. The van der Waals surface area contributed by atoms with Crippen LogP contribution in [0.15, 0.2) is 0 Å². The predicted octanol–water partition coefficient (Wildman–Crippen LogP) is 0.936. The lowest BCUT2D eigenvalue weighted by molar-refractivity contribution is -0.126. The molecule has 4 nitrogen and oxygen atoms in total. The van der Waals surface area contributed by atoms with Crippen LogP contribution in [-0.4, -0.2) is 51.1 Å². The maximum atomic E-state index is 12.1. The van der Waals surface area contributed by atoms with Crippen LogP contribution in [0.3, 0.4) is 0 Å². The van der Waals surface area contributed by atoms with E-state index in [1.165, 1.54) is 19.5 Å². The molecule has 1 saturated heterocycles. The molecule has 0 radical (unpaired) electrons. The number of rotatable bonds is 7. The number of nitrogens with one attached hydrogen (secondary N) is 2. The summed E-state index contributed by atoms with van der Waals surface area (Å²) in [5.41, 5.74) is 0. The highest BCUT2D eigenvalue weighted by atomic mass is 16.1. The van der Waals surface area contributed by atoms with E-state index in [1.54, 1.807) is 0 Å². The SMILES string of the molecule is CNCC(C(=O)NCCC1CCN(C)C1)C(C)C. The van der Waals surface area contributed by atoms with Gasteiger partial charge in [-0.15, -0.1) is 0 Å². The fraction of sp³-hybridized carbons (Fsp3) is 0.929. The maximum absolute atomic E-state index is 12.1. The average molecular weight is 255 g/mol. The monoisotopic (exact) mass is 255 g/mol. The Morgan fingerprint density at radius 2 is 2.17 bits per heavy atom. The van der Waals surface area contributed by atoms with E-state index in [9.17, 15) is 4.79 Å². The third kappa shape index (κ3) is 4.94. The van der Waals surface area contributed by atoms with Crippen LogP contribution < -0.4 is 10.6 Å². The lowest BCUT2D eigenvalue weighted by Gasteiger charge is -2.20. The van der Waals surface area contributed by atoms with E-state index in [2.05, 4.69) is 36.4 Å². The summed E-state index contributed by atoms with van der Waals surface area (Å²) in [6.07, 6.45) is 2.39. The molecule has 0 aromatic carbocycles. The average Bonchev–Trinajstić information content (AvgIpc) is 2.71. The van der Waals surface area contributed by atoms with Gasteiger partial charge in [0.05, 0.1) is 5.92 Å². The zero-order chi connectivity index (χ0) is 13.5. The van der Waals surface area contributed by atoms with Gasteiger partial charge in [0.1, 0.15) is 0 Å². The van der Waals surface area contributed by atoms with Gasteiger partial charge >= 0.3 is 0 Å². The van der Waals surface area contributed by atoms with Crippen molar-refractivity contribution in [1.82, 2.24) is 15.5 Å². The second-order valence-corrected chi connectivity index (χ2v) is 5.90. The van der Waals surface area contributed by atoms with Crippen molar-refractivity contribution >= 4 is 5.91 Å². The first kappa shape index (κ1) is 15.4. The molecule has 0 bridgehead atoms. The molecule has 1 heterocycles. The molecule has 2 unspecified atom stereocenters. The van der Waals surface area contributed by atoms with Crippen LogP contribution in [0.25, 0.3) is 0 Å². The Hall–Kier alpha value is -0.610. The summed E-state index contributed by atoms with van der Waals surface area (Å²) in [7, 11) is 4.07. The van der Waals surface area contributed by atoms with Crippen molar-refractivity contribution in [3.05, 3.63) is 0 Å². The van der Waals surface area contributed by atoms with Crippen LogP contribution in [0, 0.1) is 17.8 Å². The van der Waals surface area contributed by atoms with Gasteiger partial charge in [-0.25, -0.2) is 0 Å². The maximum Gasteiger partial charge on any atom is 0.224 e. The number of hydrogen-bond acceptors (Lipinski definition) is 3. The standard InChI is InChI=1S/C14H29N3O/c1-11(2)13(9-15-3)14(18)16-7-5-12-6-8-17(4)10-12/h11-13,15H,5-10H2,1-4H3,(H,16,18). The summed E-state index contributed by atoms with van der Waals surface area (Å²) in [6.45, 7) is 8.17. The van der Waals surface area contributed by atoms with Gasteiger partial charge in [-0.2, -0.15) is 0 Å². The van der Waals surface area contributed by atoms with E-state index in [4.69, 9.17) is 0 Å². The minimum atomic E-state index is 0.0845.